The Morgan fingerprint density at radius 2 is 1.50 bits per heavy atom. The van der Waals surface area contributed by atoms with Crippen molar-refractivity contribution >= 4 is 0 Å². The fourth-order valence-electron chi connectivity index (χ4n) is 2.59. The lowest BCUT2D eigenvalue weighted by Gasteiger charge is -2.24. The fraction of sp³-hybridized carbons (Fsp3) is 1.00. The van der Waals surface area contributed by atoms with Crippen molar-refractivity contribution in [3.05, 3.63) is 0 Å². The van der Waals surface area contributed by atoms with Gasteiger partial charge in [-0.05, 0) is 37.6 Å². The largest absolute Gasteiger partial charge is 0.314 e. The van der Waals surface area contributed by atoms with Crippen LogP contribution in [0.2, 0.25) is 0 Å². The van der Waals surface area contributed by atoms with E-state index >= 15 is 0 Å². The van der Waals surface area contributed by atoms with Crippen LogP contribution in [0.25, 0.3) is 0 Å². The molecule has 0 spiro atoms. The first-order chi connectivity index (χ1) is 8.64. The van der Waals surface area contributed by atoms with E-state index in [4.69, 9.17) is 0 Å². The summed E-state index contributed by atoms with van der Waals surface area (Å²) in [5.41, 5.74) is 0.547. The highest BCUT2D eigenvalue weighted by Gasteiger charge is 2.22. The number of nitrogens with one attached hydrogen (secondary N) is 1. The molecule has 108 valence electrons. The van der Waals surface area contributed by atoms with Gasteiger partial charge in [0.1, 0.15) is 0 Å². The molecule has 1 aliphatic rings. The third-order valence-corrected chi connectivity index (χ3v) is 4.27. The van der Waals surface area contributed by atoms with Crippen molar-refractivity contribution < 1.29 is 0 Å². The van der Waals surface area contributed by atoms with Gasteiger partial charge < -0.3 is 5.32 Å². The molecule has 18 heavy (non-hydrogen) atoms. The van der Waals surface area contributed by atoms with E-state index in [2.05, 4.69) is 26.1 Å². The van der Waals surface area contributed by atoms with E-state index in [-0.39, 0.29) is 0 Å². The van der Waals surface area contributed by atoms with Gasteiger partial charge in [0.15, 0.2) is 0 Å². The molecular weight excluding hydrogens is 218 g/mol. The van der Waals surface area contributed by atoms with Gasteiger partial charge in [-0.3, -0.25) is 0 Å². The van der Waals surface area contributed by atoms with Crippen LogP contribution in [0.1, 0.15) is 91.4 Å². The van der Waals surface area contributed by atoms with Gasteiger partial charge in [0, 0.05) is 6.04 Å². The van der Waals surface area contributed by atoms with Crippen LogP contribution in [-0.2, 0) is 0 Å². The van der Waals surface area contributed by atoms with Crippen LogP contribution in [0, 0.1) is 5.41 Å². The molecule has 0 amide bonds. The Morgan fingerprint density at radius 1 is 0.889 bits per heavy atom. The maximum absolute atomic E-state index is 3.64. The summed E-state index contributed by atoms with van der Waals surface area (Å²) in [7, 11) is 0. The van der Waals surface area contributed by atoms with E-state index < -0.39 is 0 Å². The first kappa shape index (κ1) is 16.0. The van der Waals surface area contributed by atoms with Crippen LogP contribution >= 0.6 is 0 Å². The zero-order chi connectivity index (χ0) is 13.3. The SMILES string of the molecule is CCCCCCCCCC(C)(C)CCNC1CC1. The third kappa shape index (κ3) is 8.97. The highest BCUT2D eigenvalue weighted by atomic mass is 14.9. The molecule has 0 radical (unpaired) electrons. The highest BCUT2D eigenvalue weighted by Crippen LogP contribution is 2.28. The molecule has 1 fully saturated rings. The summed E-state index contributed by atoms with van der Waals surface area (Å²) >= 11 is 0. The first-order valence-corrected chi connectivity index (χ1v) is 8.37. The third-order valence-electron chi connectivity index (χ3n) is 4.27. The Bertz CT molecular complexity index is 194. The Hall–Kier alpha value is -0.0400. The Kier molecular flexibility index (Phi) is 7.97. The molecule has 0 heterocycles. The van der Waals surface area contributed by atoms with Crippen molar-refractivity contribution in [3.63, 3.8) is 0 Å². The molecule has 1 aliphatic carbocycles. The lowest BCUT2D eigenvalue weighted by atomic mass is 9.83. The predicted molar refractivity (Wildman–Crippen MR) is 82.0 cm³/mol. The molecule has 1 heteroatoms. The lowest BCUT2D eigenvalue weighted by Crippen LogP contribution is -2.23. The van der Waals surface area contributed by atoms with Gasteiger partial charge in [-0.15, -0.1) is 0 Å². The van der Waals surface area contributed by atoms with Crippen molar-refractivity contribution in [3.8, 4) is 0 Å². The standard InChI is InChI=1S/C17H35N/c1-4-5-6-7-8-9-10-13-17(2,3)14-15-18-16-11-12-16/h16,18H,4-15H2,1-3H3. The summed E-state index contributed by atoms with van der Waals surface area (Å²) in [6.45, 7) is 8.41. The molecule has 1 N–H and O–H groups in total. The van der Waals surface area contributed by atoms with Crippen LogP contribution in [0.5, 0.6) is 0 Å². The van der Waals surface area contributed by atoms with Gasteiger partial charge in [0.2, 0.25) is 0 Å². The average molecular weight is 253 g/mol. The topological polar surface area (TPSA) is 12.0 Å². The van der Waals surface area contributed by atoms with Gasteiger partial charge in [-0.1, -0.05) is 65.7 Å². The van der Waals surface area contributed by atoms with Crippen molar-refractivity contribution in [2.45, 2.75) is 97.4 Å². The Labute approximate surface area is 115 Å². The molecule has 0 atom stereocenters. The highest BCUT2D eigenvalue weighted by molar-refractivity contribution is 4.81. The van der Waals surface area contributed by atoms with Gasteiger partial charge in [0.25, 0.3) is 0 Å². The summed E-state index contributed by atoms with van der Waals surface area (Å²) in [6.07, 6.45) is 15.6. The minimum atomic E-state index is 0.547. The zero-order valence-electron chi connectivity index (χ0n) is 13.1. The second-order valence-corrected chi connectivity index (χ2v) is 7.01. The number of hydrogen-bond donors (Lipinski definition) is 1. The molecular formula is C17H35N. The minimum Gasteiger partial charge on any atom is -0.314 e. The zero-order valence-corrected chi connectivity index (χ0v) is 13.1. The monoisotopic (exact) mass is 253 g/mol. The van der Waals surface area contributed by atoms with Crippen LogP contribution in [0.3, 0.4) is 0 Å². The molecule has 0 bridgehead atoms. The van der Waals surface area contributed by atoms with Gasteiger partial charge in [0.05, 0.1) is 0 Å². The predicted octanol–water partition coefficient (Wildman–Crippen LogP) is 5.30. The number of hydrogen-bond acceptors (Lipinski definition) is 1. The molecule has 0 aromatic heterocycles. The van der Waals surface area contributed by atoms with Crippen LogP contribution in [0.4, 0.5) is 0 Å². The van der Waals surface area contributed by atoms with E-state index in [0.29, 0.717) is 5.41 Å². The smallest absolute Gasteiger partial charge is 0.00682 e. The Morgan fingerprint density at radius 3 is 2.11 bits per heavy atom. The van der Waals surface area contributed by atoms with Crippen molar-refractivity contribution in [2.24, 2.45) is 5.41 Å². The van der Waals surface area contributed by atoms with Gasteiger partial charge in [-0.25, -0.2) is 0 Å². The molecule has 0 aromatic carbocycles. The summed E-state index contributed by atoms with van der Waals surface area (Å²) in [5.74, 6) is 0. The summed E-state index contributed by atoms with van der Waals surface area (Å²) in [4.78, 5) is 0. The van der Waals surface area contributed by atoms with Crippen molar-refractivity contribution in [1.82, 2.24) is 5.32 Å². The number of unbranched alkanes of at least 4 members (excludes halogenated alkanes) is 6. The molecule has 0 saturated heterocycles. The van der Waals surface area contributed by atoms with E-state index in [0.717, 1.165) is 6.04 Å². The molecule has 0 aliphatic heterocycles. The van der Waals surface area contributed by atoms with E-state index in [1.165, 1.54) is 77.2 Å². The molecule has 1 nitrogen and oxygen atoms in total. The summed E-state index contributed by atoms with van der Waals surface area (Å²) in [5, 5.41) is 3.64. The molecule has 1 rings (SSSR count). The molecule has 1 saturated carbocycles. The Balaban J connectivity index is 1.88. The van der Waals surface area contributed by atoms with Crippen molar-refractivity contribution in [1.29, 1.82) is 0 Å². The summed E-state index contributed by atoms with van der Waals surface area (Å²) in [6, 6.07) is 0.874. The van der Waals surface area contributed by atoms with E-state index in [9.17, 15) is 0 Å². The first-order valence-electron chi connectivity index (χ1n) is 8.37. The van der Waals surface area contributed by atoms with Crippen LogP contribution in [0.15, 0.2) is 0 Å². The van der Waals surface area contributed by atoms with Gasteiger partial charge in [-0.2, -0.15) is 0 Å². The second kappa shape index (κ2) is 8.96. The molecule has 0 unspecified atom stereocenters. The second-order valence-electron chi connectivity index (χ2n) is 7.01. The maximum Gasteiger partial charge on any atom is 0.00682 e. The number of rotatable bonds is 12. The van der Waals surface area contributed by atoms with Crippen LogP contribution < -0.4 is 5.32 Å². The fourth-order valence-corrected chi connectivity index (χ4v) is 2.59. The minimum absolute atomic E-state index is 0.547. The van der Waals surface area contributed by atoms with Gasteiger partial charge >= 0.3 is 0 Å². The van der Waals surface area contributed by atoms with Crippen molar-refractivity contribution in [2.75, 3.05) is 6.54 Å². The van der Waals surface area contributed by atoms with Crippen LogP contribution in [-0.4, -0.2) is 12.6 Å². The summed E-state index contributed by atoms with van der Waals surface area (Å²) < 4.78 is 0. The average Bonchev–Trinajstić information content (AvgIpc) is 3.11. The maximum atomic E-state index is 3.64. The van der Waals surface area contributed by atoms with E-state index in [1.807, 2.05) is 0 Å². The van der Waals surface area contributed by atoms with E-state index in [1.54, 1.807) is 0 Å². The quantitative estimate of drug-likeness (QED) is 0.466. The lowest BCUT2D eigenvalue weighted by molar-refractivity contribution is 0.289. The molecule has 0 aromatic rings. The normalized spacial score (nSPS) is 16.2.